The van der Waals surface area contributed by atoms with Gasteiger partial charge in [0, 0.05) is 11.5 Å². The predicted octanol–water partition coefficient (Wildman–Crippen LogP) is 2.28. The summed E-state index contributed by atoms with van der Waals surface area (Å²) in [5, 5.41) is 10.8. The van der Waals surface area contributed by atoms with Gasteiger partial charge in [0.05, 0.1) is 4.92 Å². The summed E-state index contributed by atoms with van der Waals surface area (Å²) in [6, 6.07) is 5.63. The maximum atomic E-state index is 13.1. The first-order valence-corrected chi connectivity index (χ1v) is 3.87. The minimum Gasteiger partial charge on any atom is -0.258 e. The van der Waals surface area contributed by atoms with E-state index in [-0.39, 0.29) is 11.2 Å². The lowest BCUT2D eigenvalue weighted by Crippen LogP contribution is -1.90. The topological polar surface area (TPSA) is 56.0 Å². The standard InChI is InChI=1S/C9H5FN2O2/c10-8-3-1-2-6-4-7(12(13)14)5-11-9(6)8/h1-5H. The van der Waals surface area contributed by atoms with Crippen LogP contribution in [0.2, 0.25) is 0 Å². The zero-order valence-electron chi connectivity index (χ0n) is 6.98. The summed E-state index contributed by atoms with van der Waals surface area (Å²) >= 11 is 0. The second kappa shape index (κ2) is 3.02. The Morgan fingerprint density at radius 2 is 2.21 bits per heavy atom. The fourth-order valence-electron chi connectivity index (χ4n) is 1.21. The minimum atomic E-state index is -0.558. The number of pyridine rings is 1. The third-order valence-corrected chi connectivity index (χ3v) is 1.86. The van der Waals surface area contributed by atoms with Crippen LogP contribution in [0, 0.1) is 15.9 Å². The van der Waals surface area contributed by atoms with Crippen molar-refractivity contribution in [2.24, 2.45) is 0 Å². The molecule has 5 heteroatoms. The molecule has 0 unspecified atom stereocenters. The van der Waals surface area contributed by atoms with Gasteiger partial charge in [-0.25, -0.2) is 9.37 Å². The smallest absolute Gasteiger partial charge is 0.258 e. The third-order valence-electron chi connectivity index (χ3n) is 1.86. The highest BCUT2D eigenvalue weighted by atomic mass is 19.1. The third kappa shape index (κ3) is 1.28. The molecule has 0 aliphatic carbocycles. The molecule has 0 aliphatic rings. The van der Waals surface area contributed by atoms with Gasteiger partial charge in [-0.2, -0.15) is 0 Å². The summed E-state index contributed by atoms with van der Waals surface area (Å²) in [5.41, 5.74) is 0.0150. The van der Waals surface area contributed by atoms with Crippen LogP contribution in [0.5, 0.6) is 0 Å². The summed E-state index contributed by atoms with van der Waals surface area (Å²) in [5.74, 6) is -0.475. The van der Waals surface area contributed by atoms with Crippen molar-refractivity contribution >= 4 is 16.6 Å². The fourth-order valence-corrected chi connectivity index (χ4v) is 1.21. The number of fused-ring (bicyclic) bond motifs is 1. The number of hydrogen-bond donors (Lipinski definition) is 0. The number of nitro groups is 1. The van der Waals surface area contributed by atoms with E-state index >= 15 is 0 Å². The summed E-state index contributed by atoms with van der Waals surface area (Å²) in [7, 11) is 0. The maximum Gasteiger partial charge on any atom is 0.288 e. The number of halogens is 1. The van der Waals surface area contributed by atoms with E-state index in [1.54, 1.807) is 6.07 Å². The molecule has 0 spiro atoms. The number of benzene rings is 1. The highest BCUT2D eigenvalue weighted by molar-refractivity contribution is 5.80. The van der Waals surface area contributed by atoms with Crippen molar-refractivity contribution in [3.05, 3.63) is 46.4 Å². The van der Waals surface area contributed by atoms with Crippen molar-refractivity contribution < 1.29 is 9.31 Å². The number of aromatic nitrogens is 1. The van der Waals surface area contributed by atoms with E-state index in [1.165, 1.54) is 18.2 Å². The van der Waals surface area contributed by atoms with Crippen LogP contribution in [-0.2, 0) is 0 Å². The van der Waals surface area contributed by atoms with Crippen molar-refractivity contribution in [2.75, 3.05) is 0 Å². The van der Waals surface area contributed by atoms with E-state index in [0.29, 0.717) is 5.39 Å². The lowest BCUT2D eigenvalue weighted by atomic mass is 10.2. The zero-order chi connectivity index (χ0) is 10.1. The second-order valence-electron chi connectivity index (χ2n) is 2.76. The highest BCUT2D eigenvalue weighted by Gasteiger charge is 2.08. The SMILES string of the molecule is O=[N+]([O-])c1cnc2c(F)cccc2c1. The number of hydrogen-bond acceptors (Lipinski definition) is 3. The Labute approximate surface area is 78.2 Å². The molecule has 1 aromatic carbocycles. The van der Waals surface area contributed by atoms with E-state index in [0.717, 1.165) is 6.20 Å². The molecule has 0 N–H and O–H groups in total. The van der Waals surface area contributed by atoms with Gasteiger partial charge >= 0.3 is 0 Å². The first kappa shape index (κ1) is 8.55. The van der Waals surface area contributed by atoms with E-state index < -0.39 is 10.7 Å². The molecule has 0 aliphatic heterocycles. The Hall–Kier alpha value is -2.04. The van der Waals surface area contributed by atoms with E-state index in [1.807, 2.05) is 0 Å². The molecule has 0 bridgehead atoms. The van der Waals surface area contributed by atoms with Gasteiger partial charge in [-0.3, -0.25) is 10.1 Å². The van der Waals surface area contributed by atoms with Gasteiger partial charge in [-0.15, -0.1) is 0 Å². The molecule has 0 amide bonds. The predicted molar refractivity (Wildman–Crippen MR) is 48.4 cm³/mol. The average Bonchev–Trinajstić information content (AvgIpc) is 2.17. The summed E-state index contributed by atoms with van der Waals surface area (Å²) in [4.78, 5) is 13.5. The molecule has 0 fully saturated rings. The van der Waals surface area contributed by atoms with Crippen LogP contribution in [-0.4, -0.2) is 9.91 Å². The van der Waals surface area contributed by atoms with Crippen LogP contribution in [0.1, 0.15) is 0 Å². The van der Waals surface area contributed by atoms with Crippen LogP contribution < -0.4 is 0 Å². The van der Waals surface area contributed by atoms with Crippen molar-refractivity contribution in [2.45, 2.75) is 0 Å². The number of para-hydroxylation sites is 1. The maximum absolute atomic E-state index is 13.1. The highest BCUT2D eigenvalue weighted by Crippen LogP contribution is 2.19. The van der Waals surface area contributed by atoms with Crippen LogP contribution in [0.3, 0.4) is 0 Å². The molecule has 2 rings (SSSR count). The molecule has 0 atom stereocenters. The van der Waals surface area contributed by atoms with E-state index in [9.17, 15) is 14.5 Å². The lowest BCUT2D eigenvalue weighted by Gasteiger charge is -1.97. The summed E-state index contributed by atoms with van der Waals surface area (Å²) in [6.45, 7) is 0. The molecule has 2 aromatic rings. The van der Waals surface area contributed by atoms with Crippen LogP contribution >= 0.6 is 0 Å². The van der Waals surface area contributed by atoms with Crippen molar-refractivity contribution in [3.63, 3.8) is 0 Å². The largest absolute Gasteiger partial charge is 0.288 e. The molecule has 14 heavy (non-hydrogen) atoms. The molecular weight excluding hydrogens is 187 g/mol. The monoisotopic (exact) mass is 192 g/mol. The van der Waals surface area contributed by atoms with Gasteiger partial charge in [0.15, 0.2) is 0 Å². The van der Waals surface area contributed by atoms with Crippen molar-refractivity contribution in [1.82, 2.24) is 4.98 Å². The first-order chi connectivity index (χ1) is 6.68. The summed E-state index contributed by atoms with van der Waals surface area (Å²) < 4.78 is 13.1. The first-order valence-electron chi connectivity index (χ1n) is 3.87. The minimum absolute atomic E-state index is 0.136. The van der Waals surface area contributed by atoms with Gasteiger partial charge in [-0.05, 0) is 6.07 Å². The zero-order valence-corrected chi connectivity index (χ0v) is 6.98. The second-order valence-corrected chi connectivity index (χ2v) is 2.76. The average molecular weight is 192 g/mol. The van der Waals surface area contributed by atoms with Gasteiger partial charge < -0.3 is 0 Å². The molecule has 1 aromatic heterocycles. The lowest BCUT2D eigenvalue weighted by molar-refractivity contribution is -0.385. The van der Waals surface area contributed by atoms with Crippen LogP contribution in [0.4, 0.5) is 10.1 Å². The fraction of sp³-hybridized carbons (Fsp3) is 0. The van der Waals surface area contributed by atoms with Crippen LogP contribution in [0.25, 0.3) is 10.9 Å². The number of nitrogens with zero attached hydrogens (tertiary/aromatic N) is 2. The van der Waals surface area contributed by atoms with Gasteiger partial charge in [0.2, 0.25) is 0 Å². The summed E-state index contributed by atoms with van der Waals surface area (Å²) in [6.07, 6.45) is 1.05. The number of rotatable bonds is 1. The Morgan fingerprint density at radius 3 is 2.93 bits per heavy atom. The van der Waals surface area contributed by atoms with Crippen molar-refractivity contribution in [1.29, 1.82) is 0 Å². The Balaban J connectivity index is 2.73. The molecular formula is C9H5FN2O2. The molecule has 70 valence electrons. The molecule has 4 nitrogen and oxygen atoms in total. The van der Waals surface area contributed by atoms with Crippen molar-refractivity contribution in [3.8, 4) is 0 Å². The Bertz CT molecular complexity index is 513. The Kier molecular flexibility index (Phi) is 1.85. The molecule has 1 heterocycles. The molecule has 0 radical (unpaired) electrons. The normalized spacial score (nSPS) is 10.4. The van der Waals surface area contributed by atoms with Gasteiger partial charge in [0.25, 0.3) is 5.69 Å². The van der Waals surface area contributed by atoms with Gasteiger partial charge in [0.1, 0.15) is 17.5 Å². The van der Waals surface area contributed by atoms with E-state index in [2.05, 4.69) is 4.98 Å². The van der Waals surface area contributed by atoms with E-state index in [4.69, 9.17) is 0 Å². The van der Waals surface area contributed by atoms with Crippen LogP contribution in [0.15, 0.2) is 30.5 Å². The van der Waals surface area contributed by atoms with Gasteiger partial charge in [-0.1, -0.05) is 12.1 Å². The Morgan fingerprint density at radius 1 is 1.43 bits per heavy atom. The molecule has 0 saturated carbocycles. The quantitative estimate of drug-likeness (QED) is 0.514. The molecule has 0 saturated heterocycles.